The Kier molecular flexibility index (Phi) is 7.98. The molecule has 0 aliphatic carbocycles. The van der Waals surface area contributed by atoms with Crippen LogP contribution in [0, 0.1) is 26.7 Å². The summed E-state index contributed by atoms with van der Waals surface area (Å²) in [4.78, 5) is 2.49. The molecule has 176 valence electrons. The molecule has 2 aromatic rings. The predicted molar refractivity (Wildman–Crippen MR) is 129 cm³/mol. The van der Waals surface area contributed by atoms with E-state index in [1.807, 2.05) is 58.9 Å². The molecule has 1 N–H and O–H groups in total. The third-order valence-corrected chi connectivity index (χ3v) is 7.66. The Morgan fingerprint density at radius 1 is 1.12 bits per heavy atom. The SMILES string of the molecule is Cc1ccc(N(CC(C)C)S(=O)(=O)c2ccc(CCN3CCOC(O)C3)c(C)c2)c(C)c1. The van der Waals surface area contributed by atoms with Crippen molar-refractivity contribution >= 4 is 15.7 Å². The van der Waals surface area contributed by atoms with Crippen LogP contribution in [0.3, 0.4) is 0 Å². The number of morpholine rings is 1. The fourth-order valence-corrected chi connectivity index (χ4v) is 5.92. The van der Waals surface area contributed by atoms with Crippen LogP contribution in [0.1, 0.15) is 36.1 Å². The van der Waals surface area contributed by atoms with E-state index in [0.717, 1.165) is 47.5 Å². The zero-order valence-corrected chi connectivity index (χ0v) is 20.7. The summed E-state index contributed by atoms with van der Waals surface area (Å²) >= 11 is 0. The number of anilines is 1. The third kappa shape index (κ3) is 5.90. The zero-order valence-electron chi connectivity index (χ0n) is 19.8. The Morgan fingerprint density at radius 2 is 1.88 bits per heavy atom. The molecule has 1 aliphatic rings. The number of aliphatic hydroxyl groups excluding tert-OH is 1. The molecule has 1 saturated heterocycles. The highest BCUT2D eigenvalue weighted by Crippen LogP contribution is 2.29. The summed E-state index contributed by atoms with van der Waals surface area (Å²) < 4.78 is 34.1. The summed E-state index contributed by atoms with van der Waals surface area (Å²) in [7, 11) is -3.69. The van der Waals surface area contributed by atoms with Crippen LogP contribution in [0.2, 0.25) is 0 Å². The second-order valence-electron chi connectivity index (χ2n) is 9.18. The van der Waals surface area contributed by atoms with Crippen molar-refractivity contribution in [2.75, 3.05) is 37.1 Å². The van der Waals surface area contributed by atoms with E-state index in [1.54, 1.807) is 16.4 Å². The smallest absolute Gasteiger partial charge is 0.264 e. The van der Waals surface area contributed by atoms with Crippen LogP contribution in [0.15, 0.2) is 41.3 Å². The average Bonchev–Trinajstić information content (AvgIpc) is 2.71. The molecule has 2 aromatic carbocycles. The minimum absolute atomic E-state index is 0.190. The number of rotatable bonds is 8. The van der Waals surface area contributed by atoms with Crippen molar-refractivity contribution in [3.8, 4) is 0 Å². The van der Waals surface area contributed by atoms with Gasteiger partial charge >= 0.3 is 0 Å². The maximum absolute atomic E-state index is 13.7. The molecule has 32 heavy (non-hydrogen) atoms. The van der Waals surface area contributed by atoms with Gasteiger partial charge in [0.1, 0.15) is 0 Å². The minimum Gasteiger partial charge on any atom is -0.367 e. The van der Waals surface area contributed by atoms with Gasteiger partial charge in [0.25, 0.3) is 10.0 Å². The van der Waals surface area contributed by atoms with Gasteiger partial charge < -0.3 is 9.84 Å². The molecule has 0 spiro atoms. The Labute approximate surface area is 192 Å². The van der Waals surface area contributed by atoms with Crippen molar-refractivity contribution in [1.29, 1.82) is 0 Å². The quantitative estimate of drug-likeness (QED) is 0.651. The first-order valence-electron chi connectivity index (χ1n) is 11.3. The summed E-state index contributed by atoms with van der Waals surface area (Å²) in [6.07, 6.45) is 0.0700. The van der Waals surface area contributed by atoms with Gasteiger partial charge in [-0.15, -0.1) is 0 Å². The van der Waals surface area contributed by atoms with E-state index >= 15 is 0 Å². The first-order valence-corrected chi connectivity index (χ1v) is 12.7. The van der Waals surface area contributed by atoms with Crippen molar-refractivity contribution in [3.63, 3.8) is 0 Å². The van der Waals surface area contributed by atoms with E-state index in [1.165, 1.54) is 0 Å². The number of nitrogens with zero attached hydrogens (tertiary/aromatic N) is 2. The van der Waals surface area contributed by atoms with Crippen LogP contribution in [0.4, 0.5) is 5.69 Å². The lowest BCUT2D eigenvalue weighted by Crippen LogP contribution is -2.43. The number of hydrogen-bond acceptors (Lipinski definition) is 5. The summed E-state index contributed by atoms with van der Waals surface area (Å²) in [5.41, 5.74) is 4.88. The van der Waals surface area contributed by atoms with Gasteiger partial charge in [-0.3, -0.25) is 9.21 Å². The van der Waals surface area contributed by atoms with E-state index in [-0.39, 0.29) is 5.92 Å². The lowest BCUT2D eigenvalue weighted by molar-refractivity contribution is -0.145. The molecule has 7 heteroatoms. The molecule has 1 atom stereocenters. The van der Waals surface area contributed by atoms with Crippen LogP contribution in [0.25, 0.3) is 0 Å². The summed E-state index contributed by atoms with van der Waals surface area (Å²) in [6.45, 7) is 13.1. The molecule has 3 rings (SSSR count). The van der Waals surface area contributed by atoms with Crippen LogP contribution in [-0.2, 0) is 21.2 Å². The minimum atomic E-state index is -3.69. The molecule has 1 fully saturated rings. The van der Waals surface area contributed by atoms with Crippen molar-refractivity contribution < 1.29 is 18.3 Å². The number of sulfonamides is 1. The number of ether oxygens (including phenoxy) is 1. The molecule has 1 heterocycles. The summed E-state index contributed by atoms with van der Waals surface area (Å²) in [5.74, 6) is 0.190. The number of hydrogen-bond donors (Lipinski definition) is 1. The fourth-order valence-electron chi connectivity index (χ4n) is 4.14. The Balaban J connectivity index is 1.84. The molecular formula is C25H36N2O4S. The fraction of sp³-hybridized carbons (Fsp3) is 0.520. The van der Waals surface area contributed by atoms with E-state index in [4.69, 9.17) is 4.74 Å². The third-order valence-electron chi connectivity index (χ3n) is 5.88. The standard InChI is InChI=1S/C25H36N2O4S/c1-18(2)16-27(24-9-6-19(3)14-21(24)5)32(29,30)23-8-7-22(20(4)15-23)10-11-26-12-13-31-25(28)17-26/h6-9,14-15,18,25,28H,10-13,16-17H2,1-5H3. The second kappa shape index (κ2) is 10.3. The molecule has 0 saturated carbocycles. The summed E-state index contributed by atoms with van der Waals surface area (Å²) in [6, 6.07) is 11.3. The Morgan fingerprint density at radius 3 is 2.50 bits per heavy atom. The Hall–Kier alpha value is -1.93. The van der Waals surface area contributed by atoms with Crippen molar-refractivity contribution in [3.05, 3.63) is 58.7 Å². The van der Waals surface area contributed by atoms with Gasteiger partial charge in [0.05, 0.1) is 17.2 Å². The molecule has 1 unspecified atom stereocenters. The van der Waals surface area contributed by atoms with Crippen molar-refractivity contribution in [2.45, 2.75) is 52.2 Å². The predicted octanol–water partition coefficient (Wildman–Crippen LogP) is 3.66. The van der Waals surface area contributed by atoms with E-state index in [0.29, 0.717) is 24.6 Å². The largest absolute Gasteiger partial charge is 0.367 e. The van der Waals surface area contributed by atoms with Gasteiger partial charge in [-0.05, 0) is 68.0 Å². The van der Waals surface area contributed by atoms with Crippen LogP contribution in [0.5, 0.6) is 0 Å². The zero-order chi connectivity index (χ0) is 23.5. The number of aryl methyl sites for hydroxylation is 3. The molecule has 6 nitrogen and oxygen atoms in total. The molecule has 0 aromatic heterocycles. The first-order chi connectivity index (χ1) is 15.1. The lowest BCUT2D eigenvalue weighted by atomic mass is 10.1. The molecular weight excluding hydrogens is 424 g/mol. The highest BCUT2D eigenvalue weighted by atomic mass is 32.2. The van der Waals surface area contributed by atoms with Gasteiger partial charge in [-0.25, -0.2) is 8.42 Å². The summed E-state index contributed by atoms with van der Waals surface area (Å²) in [5, 5.41) is 9.66. The Bertz CT molecular complexity index is 1040. The van der Waals surface area contributed by atoms with E-state index in [9.17, 15) is 13.5 Å². The second-order valence-corrected chi connectivity index (χ2v) is 11.0. The van der Waals surface area contributed by atoms with Gasteiger partial charge in [0.2, 0.25) is 0 Å². The number of β-amino-alcohol motifs (C(OH)–C–C–N with tert-alkyl or cyclic N) is 1. The monoisotopic (exact) mass is 460 g/mol. The topological polar surface area (TPSA) is 70.1 Å². The van der Waals surface area contributed by atoms with Crippen molar-refractivity contribution in [1.82, 2.24) is 4.90 Å². The lowest BCUT2D eigenvalue weighted by Gasteiger charge is -2.30. The number of aliphatic hydroxyl groups is 1. The van der Waals surface area contributed by atoms with Gasteiger partial charge in [-0.2, -0.15) is 0 Å². The van der Waals surface area contributed by atoms with Crippen LogP contribution >= 0.6 is 0 Å². The van der Waals surface area contributed by atoms with Crippen LogP contribution in [-0.4, -0.2) is 57.5 Å². The highest BCUT2D eigenvalue weighted by Gasteiger charge is 2.27. The number of benzene rings is 2. The normalized spacial score (nSPS) is 17.7. The molecule has 0 radical (unpaired) electrons. The molecule has 1 aliphatic heterocycles. The highest BCUT2D eigenvalue weighted by molar-refractivity contribution is 7.92. The van der Waals surface area contributed by atoms with Crippen molar-refractivity contribution in [2.24, 2.45) is 5.92 Å². The maximum Gasteiger partial charge on any atom is 0.264 e. The molecule has 0 bridgehead atoms. The molecule has 0 amide bonds. The maximum atomic E-state index is 13.7. The average molecular weight is 461 g/mol. The van der Waals surface area contributed by atoms with Gasteiger partial charge in [-0.1, -0.05) is 37.6 Å². The van der Waals surface area contributed by atoms with E-state index < -0.39 is 16.3 Å². The van der Waals surface area contributed by atoms with E-state index in [2.05, 4.69) is 4.90 Å². The van der Waals surface area contributed by atoms with Gasteiger partial charge in [0, 0.05) is 26.2 Å². The first kappa shape index (κ1) is 24.7. The van der Waals surface area contributed by atoms with Gasteiger partial charge in [0.15, 0.2) is 6.29 Å². The van der Waals surface area contributed by atoms with Crippen LogP contribution < -0.4 is 4.31 Å².